The minimum atomic E-state index is -0.321. The summed E-state index contributed by atoms with van der Waals surface area (Å²) in [5.41, 5.74) is 0.536. The van der Waals surface area contributed by atoms with Crippen LogP contribution in [0.3, 0.4) is 0 Å². The van der Waals surface area contributed by atoms with E-state index in [-0.39, 0.29) is 17.0 Å². The van der Waals surface area contributed by atoms with Crippen LogP contribution in [0, 0.1) is 0 Å². The molecule has 0 unspecified atom stereocenters. The van der Waals surface area contributed by atoms with E-state index in [4.69, 9.17) is 11.6 Å². The van der Waals surface area contributed by atoms with Crippen molar-refractivity contribution < 1.29 is 5.11 Å². The molecule has 0 aliphatic rings. The molecule has 0 atom stereocenters. The molecule has 2 aromatic heterocycles. The van der Waals surface area contributed by atoms with E-state index in [0.29, 0.717) is 22.3 Å². The summed E-state index contributed by atoms with van der Waals surface area (Å²) < 4.78 is 0.553. The normalized spacial score (nSPS) is 10.9. The molecule has 3 aromatic rings. The number of aromatic hydroxyl groups is 1. The Labute approximate surface area is 148 Å². The first kappa shape index (κ1) is 16.7. The van der Waals surface area contributed by atoms with Crippen molar-refractivity contribution in [1.82, 2.24) is 15.0 Å². The van der Waals surface area contributed by atoms with E-state index in [1.807, 2.05) is 18.2 Å². The number of rotatable bonds is 6. The summed E-state index contributed by atoms with van der Waals surface area (Å²) in [6, 6.07) is 9.02. The first-order valence-electron chi connectivity index (χ1n) is 7.61. The number of H-pyrrole nitrogens is 1. The summed E-state index contributed by atoms with van der Waals surface area (Å²) in [7, 11) is 0. The predicted octanol–water partition coefficient (Wildman–Crippen LogP) is 3.82. The van der Waals surface area contributed by atoms with E-state index in [1.54, 1.807) is 18.3 Å². The molecule has 7 heteroatoms. The number of nitrogens with one attached hydrogen (secondary N) is 1. The highest BCUT2D eigenvalue weighted by Crippen LogP contribution is 2.23. The highest BCUT2D eigenvalue weighted by Gasteiger charge is 2.12. The zero-order valence-electron chi connectivity index (χ0n) is 12.8. The molecule has 2 N–H and O–H groups in total. The van der Waals surface area contributed by atoms with Crippen molar-refractivity contribution in [2.24, 2.45) is 0 Å². The number of thiazole rings is 1. The van der Waals surface area contributed by atoms with Crippen molar-refractivity contribution in [2.45, 2.75) is 25.7 Å². The second kappa shape index (κ2) is 7.59. The van der Waals surface area contributed by atoms with Gasteiger partial charge in [0, 0.05) is 17.5 Å². The van der Waals surface area contributed by atoms with Gasteiger partial charge in [-0.1, -0.05) is 41.9 Å². The molecule has 24 heavy (non-hydrogen) atoms. The van der Waals surface area contributed by atoms with Gasteiger partial charge in [0.1, 0.15) is 11.4 Å². The lowest BCUT2D eigenvalue weighted by molar-refractivity contribution is 0.449. The third-order valence-electron chi connectivity index (χ3n) is 3.62. The van der Waals surface area contributed by atoms with E-state index in [0.717, 1.165) is 24.1 Å². The summed E-state index contributed by atoms with van der Waals surface area (Å²) in [5.74, 6) is 0.272. The van der Waals surface area contributed by atoms with Gasteiger partial charge in [0.15, 0.2) is 4.47 Å². The summed E-state index contributed by atoms with van der Waals surface area (Å²) in [6.45, 7) is 0. The minimum absolute atomic E-state index is 0.207. The molecule has 0 fully saturated rings. The summed E-state index contributed by atoms with van der Waals surface area (Å²) in [5, 5.41) is 10.1. The molecule has 1 aromatic carbocycles. The summed E-state index contributed by atoms with van der Waals surface area (Å²) in [6.07, 6.45) is 5.06. The van der Waals surface area contributed by atoms with Crippen molar-refractivity contribution in [3.63, 3.8) is 0 Å². The number of aromatic nitrogens is 3. The fourth-order valence-electron chi connectivity index (χ4n) is 2.48. The number of nitrogens with zero attached hydrogens (tertiary/aromatic N) is 2. The van der Waals surface area contributed by atoms with Crippen LogP contribution in [0.4, 0.5) is 0 Å². The molecular formula is C17H16ClN3O2S. The zero-order valence-corrected chi connectivity index (χ0v) is 14.4. The number of hydrogen-bond acceptors (Lipinski definition) is 5. The Kier molecular flexibility index (Phi) is 5.27. The predicted molar refractivity (Wildman–Crippen MR) is 95.7 cm³/mol. The topological polar surface area (TPSA) is 78.9 Å². The molecule has 0 bridgehead atoms. The largest absolute Gasteiger partial charge is 0.493 e. The Bertz CT molecular complexity index is 877. The standard InChI is InChI=1S/C17H16ClN3O2S/c18-17-19-10-12(24-17)8-4-5-9-13-20-15(22)14(16(23)21-13)11-6-2-1-3-7-11/h1-3,6-7,10H,4-5,8-9H2,(H2,20,21,22,23). The highest BCUT2D eigenvalue weighted by atomic mass is 35.5. The molecule has 0 aliphatic carbocycles. The third kappa shape index (κ3) is 4.01. The van der Waals surface area contributed by atoms with Crippen LogP contribution in [0.15, 0.2) is 41.3 Å². The Balaban J connectivity index is 1.64. The maximum atomic E-state index is 12.2. The number of aryl methyl sites for hydroxylation is 2. The lowest BCUT2D eigenvalue weighted by Gasteiger charge is -2.06. The van der Waals surface area contributed by atoms with Gasteiger partial charge in [-0.15, -0.1) is 11.3 Å². The lowest BCUT2D eigenvalue weighted by Crippen LogP contribution is -2.14. The maximum absolute atomic E-state index is 12.2. The molecule has 3 rings (SSSR count). The van der Waals surface area contributed by atoms with Gasteiger partial charge in [0.05, 0.1) is 0 Å². The third-order valence-corrected chi connectivity index (χ3v) is 4.80. The Morgan fingerprint density at radius 2 is 1.92 bits per heavy atom. The van der Waals surface area contributed by atoms with Crippen LogP contribution < -0.4 is 5.56 Å². The smallest absolute Gasteiger partial charge is 0.262 e. The average Bonchev–Trinajstić information content (AvgIpc) is 2.97. The van der Waals surface area contributed by atoms with Crippen LogP contribution in [-0.4, -0.2) is 20.1 Å². The van der Waals surface area contributed by atoms with Gasteiger partial charge in [0.2, 0.25) is 5.88 Å². The number of hydrogen-bond donors (Lipinski definition) is 2. The minimum Gasteiger partial charge on any atom is -0.493 e. The van der Waals surface area contributed by atoms with Crippen molar-refractivity contribution in [2.75, 3.05) is 0 Å². The number of halogens is 1. The van der Waals surface area contributed by atoms with Gasteiger partial charge in [-0.25, -0.2) is 4.98 Å². The summed E-state index contributed by atoms with van der Waals surface area (Å²) >= 11 is 7.28. The maximum Gasteiger partial charge on any atom is 0.262 e. The number of unbranched alkanes of at least 4 members (excludes halogenated alkanes) is 1. The van der Waals surface area contributed by atoms with Crippen molar-refractivity contribution in [3.05, 3.63) is 62.1 Å². The molecule has 0 amide bonds. The van der Waals surface area contributed by atoms with Crippen LogP contribution in [0.25, 0.3) is 11.1 Å². The molecule has 0 radical (unpaired) electrons. The van der Waals surface area contributed by atoms with Gasteiger partial charge in [0.25, 0.3) is 5.56 Å². The number of aromatic amines is 1. The van der Waals surface area contributed by atoms with E-state index in [1.165, 1.54) is 11.3 Å². The fourth-order valence-corrected chi connectivity index (χ4v) is 3.50. The molecule has 0 spiro atoms. The second-order valence-corrected chi connectivity index (χ2v) is 7.06. The quantitative estimate of drug-likeness (QED) is 0.654. The Morgan fingerprint density at radius 3 is 2.58 bits per heavy atom. The van der Waals surface area contributed by atoms with Gasteiger partial charge < -0.3 is 10.1 Å². The number of benzene rings is 1. The van der Waals surface area contributed by atoms with E-state index < -0.39 is 0 Å². The van der Waals surface area contributed by atoms with Crippen LogP contribution in [0.2, 0.25) is 4.47 Å². The first-order valence-corrected chi connectivity index (χ1v) is 8.80. The molecule has 0 saturated heterocycles. The summed E-state index contributed by atoms with van der Waals surface area (Å²) in [4.78, 5) is 24.3. The van der Waals surface area contributed by atoms with Gasteiger partial charge in [-0.2, -0.15) is 4.98 Å². The van der Waals surface area contributed by atoms with Gasteiger partial charge in [-0.05, 0) is 24.8 Å². The molecule has 5 nitrogen and oxygen atoms in total. The van der Waals surface area contributed by atoms with Crippen LogP contribution in [0.5, 0.6) is 5.88 Å². The Morgan fingerprint density at radius 1 is 1.17 bits per heavy atom. The molecular weight excluding hydrogens is 346 g/mol. The van der Waals surface area contributed by atoms with Gasteiger partial charge >= 0.3 is 0 Å². The highest BCUT2D eigenvalue weighted by molar-refractivity contribution is 7.15. The zero-order chi connectivity index (χ0) is 16.9. The van der Waals surface area contributed by atoms with E-state index in [2.05, 4.69) is 15.0 Å². The monoisotopic (exact) mass is 361 g/mol. The first-order chi connectivity index (χ1) is 11.6. The molecule has 0 saturated carbocycles. The molecule has 124 valence electrons. The Hall–Kier alpha value is -2.18. The molecule has 2 heterocycles. The average molecular weight is 362 g/mol. The second-order valence-electron chi connectivity index (χ2n) is 5.36. The van der Waals surface area contributed by atoms with E-state index >= 15 is 0 Å². The van der Waals surface area contributed by atoms with Crippen molar-refractivity contribution >= 4 is 22.9 Å². The fraction of sp³-hybridized carbons (Fsp3) is 0.235. The van der Waals surface area contributed by atoms with Crippen LogP contribution in [-0.2, 0) is 12.8 Å². The van der Waals surface area contributed by atoms with E-state index in [9.17, 15) is 9.90 Å². The van der Waals surface area contributed by atoms with Crippen molar-refractivity contribution in [1.29, 1.82) is 0 Å². The molecule has 0 aliphatic heterocycles. The van der Waals surface area contributed by atoms with Crippen molar-refractivity contribution in [3.8, 4) is 17.0 Å². The lowest BCUT2D eigenvalue weighted by atomic mass is 10.1. The SMILES string of the molecule is O=c1[nH]c(CCCCc2cnc(Cl)s2)nc(O)c1-c1ccccc1. The van der Waals surface area contributed by atoms with Gasteiger partial charge in [-0.3, -0.25) is 4.79 Å². The van der Waals surface area contributed by atoms with Crippen LogP contribution in [0.1, 0.15) is 23.5 Å². The van der Waals surface area contributed by atoms with Crippen LogP contribution >= 0.6 is 22.9 Å².